The molecule has 1 aromatic rings. The Balaban J connectivity index is 2.64. The van der Waals surface area contributed by atoms with E-state index in [4.69, 9.17) is 21.1 Å². The second kappa shape index (κ2) is 10.2. The molecule has 0 aliphatic rings. The Hall–Kier alpha value is -0.610. The molecule has 4 heteroatoms. The first-order chi connectivity index (χ1) is 9.67. The van der Waals surface area contributed by atoms with Crippen molar-refractivity contribution in [2.45, 2.75) is 39.4 Å². The Morgan fingerprint density at radius 3 is 2.75 bits per heavy atom. The smallest absolute Gasteiger partial charge is 0.0954 e. The van der Waals surface area contributed by atoms with E-state index in [-0.39, 0.29) is 12.2 Å². The summed E-state index contributed by atoms with van der Waals surface area (Å²) in [4.78, 5) is 0. The van der Waals surface area contributed by atoms with Gasteiger partial charge in [0.1, 0.15) is 0 Å². The largest absolute Gasteiger partial charge is 0.379 e. The molecule has 0 saturated heterocycles. The van der Waals surface area contributed by atoms with Crippen molar-refractivity contribution < 1.29 is 9.47 Å². The van der Waals surface area contributed by atoms with Crippen LogP contribution in [0.4, 0.5) is 0 Å². The van der Waals surface area contributed by atoms with Crippen molar-refractivity contribution in [1.82, 2.24) is 5.32 Å². The normalized spacial score (nSPS) is 14.2. The third-order valence-corrected chi connectivity index (χ3v) is 3.17. The summed E-state index contributed by atoms with van der Waals surface area (Å²) >= 11 is 6.07. The fraction of sp³-hybridized carbons (Fsp3) is 0.625. The molecule has 0 radical (unpaired) electrons. The van der Waals surface area contributed by atoms with Gasteiger partial charge in [0.15, 0.2) is 0 Å². The fourth-order valence-electron chi connectivity index (χ4n) is 1.96. The molecule has 0 aliphatic heterocycles. The molecular formula is C16H26ClNO2. The molecule has 0 spiro atoms. The van der Waals surface area contributed by atoms with E-state index in [0.717, 1.165) is 30.1 Å². The van der Waals surface area contributed by atoms with Crippen molar-refractivity contribution in [3.63, 3.8) is 0 Å². The molecule has 20 heavy (non-hydrogen) atoms. The average Bonchev–Trinajstić information content (AvgIpc) is 2.44. The third-order valence-electron chi connectivity index (χ3n) is 2.93. The van der Waals surface area contributed by atoms with Gasteiger partial charge in [-0.2, -0.15) is 0 Å². The molecule has 0 amide bonds. The van der Waals surface area contributed by atoms with Crippen LogP contribution < -0.4 is 5.32 Å². The molecule has 114 valence electrons. The van der Waals surface area contributed by atoms with E-state index >= 15 is 0 Å². The van der Waals surface area contributed by atoms with Crippen molar-refractivity contribution >= 4 is 11.6 Å². The zero-order valence-electron chi connectivity index (χ0n) is 12.7. The van der Waals surface area contributed by atoms with Crippen LogP contribution in [0.15, 0.2) is 24.3 Å². The van der Waals surface area contributed by atoms with Crippen LogP contribution >= 0.6 is 11.6 Å². The standard InChI is InChI=1S/C16H26ClNO2/c1-4-9-18-11-16(20-13(3)12-19-5-2)14-7-6-8-15(17)10-14/h6-8,10,13,16,18H,4-5,9,11-12H2,1-3H3. The summed E-state index contributed by atoms with van der Waals surface area (Å²) in [7, 11) is 0. The maximum Gasteiger partial charge on any atom is 0.0954 e. The predicted molar refractivity (Wildman–Crippen MR) is 84.4 cm³/mol. The minimum Gasteiger partial charge on any atom is -0.379 e. The molecule has 1 aromatic carbocycles. The molecule has 3 nitrogen and oxygen atoms in total. The highest BCUT2D eigenvalue weighted by Gasteiger charge is 2.16. The van der Waals surface area contributed by atoms with Crippen LogP contribution in [0.2, 0.25) is 5.02 Å². The average molecular weight is 300 g/mol. The number of ether oxygens (including phenoxy) is 2. The number of hydrogen-bond donors (Lipinski definition) is 1. The lowest BCUT2D eigenvalue weighted by atomic mass is 10.1. The van der Waals surface area contributed by atoms with Gasteiger partial charge in [-0.3, -0.25) is 0 Å². The summed E-state index contributed by atoms with van der Waals surface area (Å²) in [6, 6.07) is 7.86. The molecule has 0 heterocycles. The van der Waals surface area contributed by atoms with E-state index in [9.17, 15) is 0 Å². The van der Waals surface area contributed by atoms with E-state index in [1.165, 1.54) is 0 Å². The summed E-state index contributed by atoms with van der Waals surface area (Å²) in [5.74, 6) is 0. The van der Waals surface area contributed by atoms with Crippen LogP contribution in [0.3, 0.4) is 0 Å². The highest BCUT2D eigenvalue weighted by molar-refractivity contribution is 6.30. The molecule has 0 aliphatic carbocycles. The monoisotopic (exact) mass is 299 g/mol. The highest BCUT2D eigenvalue weighted by atomic mass is 35.5. The summed E-state index contributed by atoms with van der Waals surface area (Å²) in [6.07, 6.45) is 1.16. The van der Waals surface area contributed by atoms with Gasteiger partial charge in [-0.05, 0) is 44.5 Å². The molecule has 0 fully saturated rings. The zero-order chi connectivity index (χ0) is 14.8. The van der Waals surface area contributed by atoms with E-state index in [1.54, 1.807) is 0 Å². The van der Waals surface area contributed by atoms with Gasteiger partial charge in [0.25, 0.3) is 0 Å². The SMILES string of the molecule is CCCNCC(OC(C)COCC)c1cccc(Cl)c1. The fourth-order valence-corrected chi connectivity index (χ4v) is 2.16. The van der Waals surface area contributed by atoms with Crippen molar-refractivity contribution in [2.24, 2.45) is 0 Å². The van der Waals surface area contributed by atoms with E-state index in [2.05, 4.69) is 18.3 Å². The van der Waals surface area contributed by atoms with E-state index in [0.29, 0.717) is 13.2 Å². The lowest BCUT2D eigenvalue weighted by Crippen LogP contribution is -2.28. The second-order valence-electron chi connectivity index (χ2n) is 4.85. The topological polar surface area (TPSA) is 30.5 Å². The van der Waals surface area contributed by atoms with Crippen molar-refractivity contribution in [1.29, 1.82) is 0 Å². The van der Waals surface area contributed by atoms with Gasteiger partial charge in [0, 0.05) is 18.2 Å². The molecule has 1 rings (SSSR count). The molecule has 1 N–H and O–H groups in total. The summed E-state index contributed by atoms with van der Waals surface area (Å²) in [5, 5.41) is 4.15. The van der Waals surface area contributed by atoms with Crippen LogP contribution in [-0.2, 0) is 9.47 Å². The molecule has 2 unspecified atom stereocenters. The Morgan fingerprint density at radius 2 is 2.10 bits per heavy atom. The van der Waals surface area contributed by atoms with Gasteiger partial charge < -0.3 is 14.8 Å². The number of benzene rings is 1. The first-order valence-electron chi connectivity index (χ1n) is 7.36. The Labute approximate surface area is 127 Å². The number of rotatable bonds is 10. The van der Waals surface area contributed by atoms with Crippen LogP contribution in [0.25, 0.3) is 0 Å². The van der Waals surface area contributed by atoms with Crippen LogP contribution in [0, 0.1) is 0 Å². The van der Waals surface area contributed by atoms with Gasteiger partial charge in [0.2, 0.25) is 0 Å². The van der Waals surface area contributed by atoms with E-state index < -0.39 is 0 Å². The van der Waals surface area contributed by atoms with Gasteiger partial charge in [-0.15, -0.1) is 0 Å². The lowest BCUT2D eigenvalue weighted by Gasteiger charge is -2.23. The summed E-state index contributed by atoms with van der Waals surface area (Å²) < 4.78 is 11.5. The number of nitrogens with one attached hydrogen (secondary N) is 1. The van der Waals surface area contributed by atoms with Crippen molar-refractivity contribution in [2.75, 3.05) is 26.3 Å². The maximum absolute atomic E-state index is 6.09. The van der Waals surface area contributed by atoms with Crippen LogP contribution in [-0.4, -0.2) is 32.4 Å². The highest BCUT2D eigenvalue weighted by Crippen LogP contribution is 2.22. The minimum atomic E-state index is -0.00398. The number of halogens is 1. The van der Waals surface area contributed by atoms with Crippen molar-refractivity contribution in [3.05, 3.63) is 34.9 Å². The Bertz CT molecular complexity index is 373. The van der Waals surface area contributed by atoms with Gasteiger partial charge in [-0.25, -0.2) is 0 Å². The minimum absolute atomic E-state index is 0.00398. The first kappa shape index (κ1) is 17.4. The van der Waals surface area contributed by atoms with Crippen LogP contribution in [0.1, 0.15) is 38.9 Å². The molecule has 0 aromatic heterocycles. The van der Waals surface area contributed by atoms with Gasteiger partial charge >= 0.3 is 0 Å². The third kappa shape index (κ3) is 6.71. The van der Waals surface area contributed by atoms with E-state index in [1.807, 2.05) is 32.0 Å². The Kier molecular flexibility index (Phi) is 8.86. The predicted octanol–water partition coefficient (Wildman–Crippen LogP) is 3.82. The first-order valence-corrected chi connectivity index (χ1v) is 7.74. The van der Waals surface area contributed by atoms with Crippen LogP contribution in [0.5, 0.6) is 0 Å². The number of hydrogen-bond acceptors (Lipinski definition) is 3. The van der Waals surface area contributed by atoms with Gasteiger partial charge in [-0.1, -0.05) is 30.7 Å². The maximum atomic E-state index is 6.09. The van der Waals surface area contributed by atoms with Crippen molar-refractivity contribution in [3.8, 4) is 0 Å². The zero-order valence-corrected chi connectivity index (χ0v) is 13.5. The second-order valence-corrected chi connectivity index (χ2v) is 5.29. The molecule has 2 atom stereocenters. The molecule has 0 saturated carbocycles. The lowest BCUT2D eigenvalue weighted by molar-refractivity contribution is -0.0469. The molecular weight excluding hydrogens is 274 g/mol. The quantitative estimate of drug-likeness (QED) is 0.666. The van der Waals surface area contributed by atoms with Gasteiger partial charge in [0.05, 0.1) is 18.8 Å². The summed E-state index contributed by atoms with van der Waals surface area (Å²) in [5.41, 5.74) is 1.10. The molecule has 0 bridgehead atoms. The Morgan fingerprint density at radius 1 is 1.30 bits per heavy atom. The summed E-state index contributed by atoms with van der Waals surface area (Å²) in [6.45, 7) is 9.27.